The van der Waals surface area contributed by atoms with Crippen molar-refractivity contribution in [3.05, 3.63) is 94.8 Å². The zero-order valence-electron chi connectivity index (χ0n) is 37.0. The Labute approximate surface area is 373 Å². The number of carbonyl (C=O) groups excluding carboxylic acids is 2. The highest BCUT2D eigenvalue weighted by Crippen LogP contribution is 2.55. The molecule has 3 aromatic rings. The molecule has 3 saturated carbocycles. The molecule has 4 fully saturated rings. The lowest BCUT2D eigenvalue weighted by atomic mass is 9.58. The molecule has 334 valence electrons. The van der Waals surface area contributed by atoms with Gasteiger partial charge in [-0.3, -0.25) is 9.59 Å². The number of benzene rings is 3. The van der Waals surface area contributed by atoms with Crippen LogP contribution in [0.1, 0.15) is 131 Å². The first-order chi connectivity index (χ1) is 30.5. The van der Waals surface area contributed by atoms with Crippen LogP contribution < -0.4 is 21.1 Å². The summed E-state index contributed by atoms with van der Waals surface area (Å²) < 4.78 is 5.54. The third-order valence-corrected chi connectivity index (χ3v) is 16.5. The lowest BCUT2D eigenvalue weighted by molar-refractivity contribution is -0.135. The van der Waals surface area contributed by atoms with E-state index in [1.807, 2.05) is 24.3 Å². The van der Waals surface area contributed by atoms with E-state index in [0.717, 1.165) is 58.8 Å². The Morgan fingerprint density at radius 2 is 1.81 bits per heavy atom. The number of aryl methyl sites for hydroxylation is 1. The van der Waals surface area contributed by atoms with Crippen LogP contribution in [0.15, 0.2) is 78.1 Å². The van der Waals surface area contributed by atoms with Crippen LogP contribution in [-0.4, -0.2) is 65.3 Å². The summed E-state index contributed by atoms with van der Waals surface area (Å²) in [5.41, 5.74) is 9.27. The van der Waals surface area contributed by atoms with E-state index in [4.69, 9.17) is 10.5 Å². The number of phenols is 1. The van der Waals surface area contributed by atoms with Crippen LogP contribution in [0.5, 0.6) is 11.5 Å². The van der Waals surface area contributed by atoms with Crippen LogP contribution in [0.4, 0.5) is 0 Å². The molecule has 9 unspecified atom stereocenters. The van der Waals surface area contributed by atoms with Gasteiger partial charge in [0.1, 0.15) is 11.2 Å². The highest BCUT2D eigenvalue weighted by Gasteiger charge is 2.51. The van der Waals surface area contributed by atoms with E-state index in [1.165, 1.54) is 39.2 Å². The smallest absolute Gasteiger partial charge is 0.160 e. The number of dihydropyridines is 1. The van der Waals surface area contributed by atoms with E-state index in [0.29, 0.717) is 99.1 Å². The monoisotopic (exact) mass is 854 g/mol. The van der Waals surface area contributed by atoms with Crippen LogP contribution in [0.2, 0.25) is 0 Å². The zero-order valence-corrected chi connectivity index (χ0v) is 37.0. The molecule has 9 heteroatoms. The Morgan fingerprint density at radius 1 is 0.984 bits per heavy atom. The lowest BCUT2D eigenvalue weighted by Gasteiger charge is -2.49. The van der Waals surface area contributed by atoms with Crippen LogP contribution >= 0.6 is 0 Å². The molecule has 9 nitrogen and oxygen atoms in total. The summed E-state index contributed by atoms with van der Waals surface area (Å²) in [6, 6.07) is 18.7. The van der Waals surface area contributed by atoms with Crippen molar-refractivity contribution in [2.45, 2.75) is 139 Å². The first kappa shape index (κ1) is 43.6. The quantitative estimate of drug-likeness (QED) is 0.105. The van der Waals surface area contributed by atoms with Crippen molar-refractivity contribution < 1.29 is 29.6 Å². The highest BCUT2D eigenvalue weighted by molar-refractivity contribution is 5.89. The number of aliphatic hydroxyl groups is 2. The van der Waals surface area contributed by atoms with Crippen LogP contribution in [-0.2, 0) is 16.0 Å². The number of piperidine rings is 1. The van der Waals surface area contributed by atoms with Crippen LogP contribution in [0, 0.1) is 40.4 Å². The number of allylic oxidation sites excluding steroid dienone is 2. The number of hydrogen-bond acceptors (Lipinski definition) is 9. The SMILES string of the molecule is COc1cc2c(cc1O)C(CCC(O)CC(C1=CCNC(N)=C1)c1ccc3ccccc3c1)C#CC1(CCC(CC3(C4CNC5CC(=O)CCC5C4)CCCC3)CC1O)C(=O)CC2. The largest absolute Gasteiger partial charge is 0.504 e. The maximum atomic E-state index is 14.5. The number of fused-ring (bicyclic) bond motifs is 3. The van der Waals surface area contributed by atoms with E-state index >= 15 is 0 Å². The number of nitrogens with two attached hydrogens (primary N) is 1. The fraction of sp³-hybridized carbons (Fsp3) is 0.556. The fourth-order valence-corrected chi connectivity index (χ4v) is 13.0. The van der Waals surface area contributed by atoms with Crippen molar-refractivity contribution in [2.75, 3.05) is 20.2 Å². The second kappa shape index (κ2) is 18.5. The number of hydrogen-bond donors (Lipinski definition) is 6. The average molecular weight is 854 g/mol. The fourth-order valence-electron chi connectivity index (χ4n) is 13.0. The predicted molar refractivity (Wildman–Crippen MR) is 247 cm³/mol. The minimum absolute atomic E-state index is 0.00891. The Bertz CT molecular complexity index is 2320. The third kappa shape index (κ3) is 9.06. The summed E-state index contributed by atoms with van der Waals surface area (Å²) in [4.78, 5) is 26.7. The molecular formula is C54H67N3O6. The molecule has 0 amide bonds. The molecule has 0 bridgehead atoms. The summed E-state index contributed by atoms with van der Waals surface area (Å²) in [6.07, 6.45) is 16.2. The van der Waals surface area contributed by atoms with E-state index in [1.54, 1.807) is 6.07 Å². The molecule has 6 aliphatic rings. The molecule has 9 rings (SSSR count). The van der Waals surface area contributed by atoms with Gasteiger partial charge in [0.05, 0.1) is 25.1 Å². The first-order valence-corrected chi connectivity index (χ1v) is 24.0. The third-order valence-electron chi connectivity index (χ3n) is 16.5. The van der Waals surface area contributed by atoms with Gasteiger partial charge in [-0.2, -0.15) is 0 Å². The van der Waals surface area contributed by atoms with Gasteiger partial charge < -0.3 is 36.4 Å². The van der Waals surface area contributed by atoms with Crippen LogP contribution in [0.25, 0.3) is 10.8 Å². The van der Waals surface area contributed by atoms with Gasteiger partial charge in [-0.05, 0) is 158 Å². The number of methoxy groups -OCH3 is 1. The molecule has 1 saturated heterocycles. The van der Waals surface area contributed by atoms with Crippen molar-refractivity contribution >= 4 is 22.3 Å². The van der Waals surface area contributed by atoms with Crippen molar-refractivity contribution in [1.29, 1.82) is 0 Å². The van der Waals surface area contributed by atoms with E-state index in [9.17, 15) is 24.9 Å². The number of ether oxygens (including phenoxy) is 1. The van der Waals surface area contributed by atoms with Gasteiger partial charge in [-0.25, -0.2) is 0 Å². The Morgan fingerprint density at radius 3 is 2.60 bits per heavy atom. The molecule has 0 aromatic heterocycles. The molecular weight excluding hydrogens is 787 g/mol. The number of Topliss-reactive ketones (excluding diaryl/α,β-unsaturated/α-hetero) is 2. The van der Waals surface area contributed by atoms with E-state index in [2.05, 4.69) is 58.9 Å². The molecule has 2 heterocycles. The first-order valence-electron chi connectivity index (χ1n) is 24.0. The highest BCUT2D eigenvalue weighted by atomic mass is 16.5. The number of nitrogens with one attached hydrogen (secondary N) is 2. The van der Waals surface area contributed by atoms with Gasteiger partial charge in [0.15, 0.2) is 17.3 Å². The summed E-state index contributed by atoms with van der Waals surface area (Å²) in [5, 5.41) is 44.5. The Hall–Kier alpha value is -4.62. The molecule has 7 N–H and O–H groups in total. The van der Waals surface area contributed by atoms with Crippen molar-refractivity contribution in [3.63, 3.8) is 0 Å². The summed E-state index contributed by atoms with van der Waals surface area (Å²) in [6.45, 7) is 1.59. The summed E-state index contributed by atoms with van der Waals surface area (Å²) in [5.74, 6) is 9.38. The standard InChI is InChI=1S/C54H67N3O6/c1-63-49-27-39-12-15-50(61)54(21-16-34(24-51(54)62)32-53(19-4-5-20-53)42-26-41-11-14-44(59)30-47(41)57-33-42)22-17-36(46(39)31-48(49)60)10-13-43(58)29-45(40-18-23-56-52(55)28-40)38-9-8-35-6-2-3-7-37(35)25-38/h2-3,6-9,18,25,27-28,31,34,36,41-43,45,47,51,56-58,60,62H,4-5,10-16,19-21,23-24,26,29-30,32-33,55H2,1H3. The van der Waals surface area contributed by atoms with Gasteiger partial charge >= 0.3 is 0 Å². The number of carbonyl (C=O) groups is 2. The molecule has 1 spiro atoms. The molecule has 0 radical (unpaired) electrons. The molecule has 4 aliphatic carbocycles. The van der Waals surface area contributed by atoms with E-state index < -0.39 is 17.6 Å². The number of phenolic OH excluding ortho intramolecular Hbond substituents is 1. The topological polar surface area (TPSA) is 154 Å². The second-order valence-corrected chi connectivity index (χ2v) is 20.2. The van der Waals surface area contributed by atoms with Gasteiger partial charge in [-0.1, -0.05) is 73.2 Å². The number of aromatic hydroxyl groups is 1. The van der Waals surface area contributed by atoms with Gasteiger partial charge in [-0.15, -0.1) is 0 Å². The van der Waals surface area contributed by atoms with Gasteiger partial charge in [0.25, 0.3) is 0 Å². The predicted octanol–water partition coefficient (Wildman–Crippen LogP) is 8.25. The molecule has 9 atom stereocenters. The summed E-state index contributed by atoms with van der Waals surface area (Å²) in [7, 11) is 1.53. The van der Waals surface area contributed by atoms with Crippen molar-refractivity contribution in [1.82, 2.24) is 10.6 Å². The number of rotatable bonds is 11. The van der Waals surface area contributed by atoms with Gasteiger partial charge in [0.2, 0.25) is 0 Å². The molecule has 63 heavy (non-hydrogen) atoms. The van der Waals surface area contributed by atoms with Crippen molar-refractivity contribution in [2.24, 2.45) is 34.3 Å². The van der Waals surface area contributed by atoms with Gasteiger partial charge in [0, 0.05) is 43.7 Å². The Kier molecular flexibility index (Phi) is 12.8. The number of ketones is 2. The minimum Gasteiger partial charge on any atom is -0.504 e. The lowest BCUT2D eigenvalue weighted by Crippen LogP contribution is -2.53. The zero-order chi connectivity index (χ0) is 43.7. The number of aliphatic hydroxyl groups excluding tert-OH is 2. The average Bonchev–Trinajstić information content (AvgIpc) is 3.78. The van der Waals surface area contributed by atoms with Crippen molar-refractivity contribution in [3.8, 4) is 23.3 Å². The maximum Gasteiger partial charge on any atom is 0.160 e. The normalized spacial score (nSPS) is 30.3. The molecule has 2 aliphatic heterocycles. The summed E-state index contributed by atoms with van der Waals surface area (Å²) >= 11 is 0. The second-order valence-electron chi connectivity index (χ2n) is 20.2. The maximum absolute atomic E-state index is 14.5. The van der Waals surface area contributed by atoms with Crippen LogP contribution in [0.3, 0.4) is 0 Å². The molecule has 3 aromatic carbocycles. The minimum atomic E-state index is -1.16. The Balaban J connectivity index is 0.948. The van der Waals surface area contributed by atoms with E-state index in [-0.39, 0.29) is 35.2 Å².